The Morgan fingerprint density at radius 2 is 1.59 bits per heavy atom. The van der Waals surface area contributed by atoms with Gasteiger partial charge in [0.25, 0.3) is 11.5 Å². The van der Waals surface area contributed by atoms with Crippen LogP contribution < -0.4 is 22.0 Å². The normalized spacial score (nSPS) is 20.3. The molecule has 1 amide bonds. The molecule has 1 aliphatic carbocycles. The molecule has 3 aliphatic rings. The summed E-state index contributed by atoms with van der Waals surface area (Å²) in [5, 5.41) is 44.3. The molecular formula is C37H39N6O20P3. The maximum Gasteiger partial charge on any atom is 0.490 e. The van der Waals surface area contributed by atoms with Gasteiger partial charge in [0.15, 0.2) is 22.8 Å². The minimum Gasteiger partial charge on any atom is -0.508 e. The molecule has 11 N–H and O–H groups in total. The molecule has 1 fully saturated rings. The third kappa shape index (κ3) is 10.9. The van der Waals surface area contributed by atoms with Crippen LogP contribution in [-0.2, 0) is 36.1 Å². The van der Waals surface area contributed by atoms with Crippen molar-refractivity contribution >= 4 is 63.4 Å². The number of H-pyrrole nitrogens is 1. The van der Waals surface area contributed by atoms with Crippen LogP contribution in [0.15, 0.2) is 74.9 Å². The Balaban J connectivity index is 0.846. The summed E-state index contributed by atoms with van der Waals surface area (Å²) in [4.78, 5) is 89.6. The molecule has 0 spiro atoms. The minimum atomic E-state index is -5.86. The van der Waals surface area contributed by atoms with Crippen molar-refractivity contribution < 1.29 is 85.2 Å². The number of phosphoric acid groups is 3. The van der Waals surface area contributed by atoms with Gasteiger partial charge in [-0.15, -0.1) is 0 Å². The molecule has 26 nitrogen and oxygen atoms in total. The quantitative estimate of drug-likeness (QED) is 0.0317. The number of anilines is 1. The van der Waals surface area contributed by atoms with E-state index in [1.165, 1.54) is 48.5 Å². The number of aromatic amines is 1. The molecule has 1 saturated heterocycles. The number of fused-ring (bicyclic) bond motifs is 3. The first-order chi connectivity index (χ1) is 31.1. The summed E-state index contributed by atoms with van der Waals surface area (Å²) in [7, 11) is -16.9. The highest BCUT2D eigenvalue weighted by Gasteiger charge is 2.47. The molecule has 0 radical (unpaired) electrons. The largest absolute Gasteiger partial charge is 0.508 e. The van der Waals surface area contributed by atoms with Crippen molar-refractivity contribution in [1.82, 2.24) is 24.8 Å². The van der Waals surface area contributed by atoms with Crippen LogP contribution in [0, 0.1) is 0 Å². The standard InChI is InChI=1S/C37H39N6O20P3/c38-37-41-32-29(34(49)42-37)40-17-43(32)35-31(47)30(46)27(61-35)16-59-65(54,55)63-66(56,57)62-64(52,53)58-12-4-2-1-3-11-39-33(48)18-5-8-21(24(13-18)36(50)51)28-22-9-6-19(44)14-25(22)60-26-15-20(45)7-10-23(26)28/h5-10,13-15,17,27,30-31,35,44,46-47H,1-4,11-12,16H2,(H,39,48)(H,50,51)(H,52,53)(H,54,55)(H,56,57)(H3,38,41,42,49)/t27-,30-,31-,35-/m1/s1. The molecule has 352 valence electrons. The van der Waals surface area contributed by atoms with Crippen LogP contribution in [-0.4, -0.2) is 105 Å². The van der Waals surface area contributed by atoms with Crippen LogP contribution in [0.25, 0.3) is 44.6 Å². The topological polar surface area (TPSA) is 405 Å². The lowest BCUT2D eigenvalue weighted by Crippen LogP contribution is -2.33. The summed E-state index contributed by atoms with van der Waals surface area (Å²) in [5.74, 6) is -2.18. The van der Waals surface area contributed by atoms with Crippen molar-refractivity contribution in [2.24, 2.45) is 0 Å². The van der Waals surface area contributed by atoms with Crippen molar-refractivity contribution in [2.45, 2.75) is 50.2 Å². The van der Waals surface area contributed by atoms with E-state index >= 15 is 0 Å². The van der Waals surface area contributed by atoms with Gasteiger partial charge in [-0.3, -0.25) is 33.0 Å². The number of carbonyl (C=O) groups is 2. The van der Waals surface area contributed by atoms with Crippen LogP contribution in [0.5, 0.6) is 5.75 Å². The zero-order valence-corrected chi connectivity index (χ0v) is 36.4. The minimum absolute atomic E-state index is 0.0338. The molecule has 4 aromatic rings. The van der Waals surface area contributed by atoms with Gasteiger partial charge in [-0.2, -0.15) is 13.6 Å². The monoisotopic (exact) mass is 980 g/mol. The first-order valence-corrected chi connectivity index (χ1v) is 23.9. The SMILES string of the molecule is Nc1nc2c(ncn2[C@@H]2O[C@H](COP(=O)(O)OP(=O)(O)OP(=O)(O)OCCCCCCNC(=O)c3ccc(-c4c5ccc(=O)cc-5oc5cc(O)ccc45)c(C(=O)O)c3)[C@@H](O)[C@H]2O)c(=O)[nH]1. The van der Waals surface area contributed by atoms with Gasteiger partial charge in [0.1, 0.15) is 35.4 Å². The molecule has 0 saturated carbocycles. The van der Waals surface area contributed by atoms with Crippen LogP contribution >= 0.6 is 23.5 Å². The number of unbranched alkanes of at least 4 members (excludes halogenated alkanes) is 3. The highest BCUT2D eigenvalue weighted by Crippen LogP contribution is 2.67. The number of nitrogen functional groups attached to an aromatic ring is 1. The Bertz CT molecular complexity index is 3070. The number of nitrogens with zero attached hydrogens (tertiary/aromatic N) is 3. The average molecular weight is 981 g/mol. The number of aliphatic hydroxyl groups excluding tert-OH is 2. The van der Waals surface area contributed by atoms with Gasteiger partial charge in [0.05, 0.1) is 25.1 Å². The van der Waals surface area contributed by atoms with E-state index in [0.29, 0.717) is 35.8 Å². The third-order valence-corrected chi connectivity index (χ3v) is 14.2. The molecule has 29 heteroatoms. The molecule has 3 unspecified atom stereocenters. The molecule has 4 heterocycles. The molecule has 2 aromatic carbocycles. The maximum atomic E-state index is 13.0. The van der Waals surface area contributed by atoms with Crippen molar-refractivity contribution in [1.29, 1.82) is 0 Å². The fraction of sp³-hybridized carbons (Fsp3) is 0.297. The summed E-state index contributed by atoms with van der Waals surface area (Å²) in [6.45, 7) is -1.41. The Hall–Kier alpha value is -5.69. The summed E-state index contributed by atoms with van der Waals surface area (Å²) in [6.07, 6.45) is -4.28. The number of hydrogen-bond donors (Lipinski definition) is 10. The lowest BCUT2D eigenvalue weighted by Gasteiger charge is -2.20. The number of aromatic nitrogens is 4. The number of nitrogens with two attached hydrogens (primary N) is 1. The van der Waals surface area contributed by atoms with Gasteiger partial charge < -0.3 is 55.3 Å². The number of benzene rings is 3. The average Bonchev–Trinajstić information content (AvgIpc) is 3.77. The molecule has 7 atom stereocenters. The van der Waals surface area contributed by atoms with Gasteiger partial charge >= 0.3 is 29.4 Å². The second-order valence-electron chi connectivity index (χ2n) is 14.6. The number of aliphatic hydroxyl groups is 2. The number of aromatic carboxylic acids is 1. The molecule has 2 aromatic heterocycles. The van der Waals surface area contributed by atoms with Crippen molar-refractivity contribution in [3.05, 3.63) is 92.6 Å². The van der Waals surface area contributed by atoms with E-state index in [-0.39, 0.29) is 69.3 Å². The number of rotatable bonds is 19. The van der Waals surface area contributed by atoms with E-state index in [4.69, 9.17) is 14.9 Å². The molecule has 2 aliphatic heterocycles. The number of phenols is 1. The fourth-order valence-corrected chi connectivity index (χ4v) is 10.6. The number of amides is 1. The zero-order chi connectivity index (χ0) is 47.7. The highest BCUT2D eigenvalue weighted by molar-refractivity contribution is 7.66. The van der Waals surface area contributed by atoms with Gasteiger partial charge in [-0.25, -0.2) is 23.5 Å². The second kappa shape index (κ2) is 19.3. The lowest BCUT2D eigenvalue weighted by atomic mass is 9.90. The number of carboxylic acids is 1. The van der Waals surface area contributed by atoms with E-state index in [2.05, 4.69) is 37.9 Å². The predicted molar refractivity (Wildman–Crippen MR) is 226 cm³/mol. The second-order valence-corrected chi connectivity index (χ2v) is 19.2. The lowest BCUT2D eigenvalue weighted by molar-refractivity contribution is -0.0503. The van der Waals surface area contributed by atoms with E-state index in [1.807, 2.05) is 0 Å². The van der Waals surface area contributed by atoms with Crippen LogP contribution in [0.4, 0.5) is 5.95 Å². The number of carbonyl (C=O) groups excluding carboxylic acids is 1. The predicted octanol–water partition coefficient (Wildman–Crippen LogP) is 2.96. The van der Waals surface area contributed by atoms with Crippen molar-refractivity contribution in [3.63, 3.8) is 0 Å². The van der Waals surface area contributed by atoms with Crippen molar-refractivity contribution in [3.8, 4) is 28.2 Å². The summed E-state index contributed by atoms with van der Waals surface area (Å²) < 4.78 is 67.0. The number of phosphoric ester groups is 2. The van der Waals surface area contributed by atoms with Crippen molar-refractivity contribution in [2.75, 3.05) is 25.5 Å². The van der Waals surface area contributed by atoms with Crippen LogP contribution in [0.3, 0.4) is 0 Å². The number of carboxylic acid groups (broad SMARTS) is 1. The number of aromatic hydroxyl groups is 1. The third-order valence-electron chi connectivity index (χ3n) is 9.95. The van der Waals surface area contributed by atoms with Crippen LogP contribution in [0.1, 0.15) is 52.6 Å². The smallest absolute Gasteiger partial charge is 0.490 e. The maximum absolute atomic E-state index is 13.0. The molecule has 66 heavy (non-hydrogen) atoms. The Kier molecular flexibility index (Phi) is 14.1. The molecule has 7 rings (SSSR count). The van der Waals surface area contributed by atoms with E-state index in [9.17, 15) is 68.0 Å². The van der Waals surface area contributed by atoms with Crippen LogP contribution in [0.2, 0.25) is 0 Å². The summed E-state index contributed by atoms with van der Waals surface area (Å²) in [6, 6.07) is 12.4. The Morgan fingerprint density at radius 1 is 0.879 bits per heavy atom. The number of ether oxygens (including phenoxy) is 1. The summed E-state index contributed by atoms with van der Waals surface area (Å²) >= 11 is 0. The van der Waals surface area contributed by atoms with E-state index < -0.39 is 78.7 Å². The van der Waals surface area contributed by atoms with Gasteiger partial charge in [0, 0.05) is 40.8 Å². The van der Waals surface area contributed by atoms with Gasteiger partial charge in [0.2, 0.25) is 5.95 Å². The Labute approximate surface area is 369 Å². The van der Waals surface area contributed by atoms with Gasteiger partial charge in [-0.1, -0.05) is 18.9 Å². The number of imidazole rings is 1. The first-order valence-electron chi connectivity index (χ1n) is 19.4. The molecular weight excluding hydrogens is 941 g/mol. The Morgan fingerprint density at radius 3 is 2.33 bits per heavy atom. The molecule has 0 bridgehead atoms. The summed E-state index contributed by atoms with van der Waals surface area (Å²) in [5.41, 5.74) is 5.23. The fourth-order valence-electron chi connectivity index (χ4n) is 7.01. The number of hydrogen-bond acceptors (Lipinski definition) is 19. The first kappa shape index (κ1) is 48.2. The van der Waals surface area contributed by atoms with E-state index in [1.54, 1.807) is 6.07 Å². The zero-order valence-electron chi connectivity index (χ0n) is 33.7. The highest BCUT2D eigenvalue weighted by atomic mass is 31.3. The van der Waals surface area contributed by atoms with E-state index in [0.717, 1.165) is 10.9 Å². The number of phenolic OH excluding ortho intramolecular Hbond substituents is 1. The number of nitrogens with one attached hydrogen (secondary N) is 2. The van der Waals surface area contributed by atoms with Gasteiger partial charge in [-0.05, 0) is 54.8 Å².